The monoisotopic (exact) mass is 301 g/mol. The number of aliphatic hydroxyl groups is 2. The fourth-order valence-electron chi connectivity index (χ4n) is 2.19. The van der Waals surface area contributed by atoms with Crippen molar-refractivity contribution >= 4 is 27.2 Å². The molecule has 0 fully saturated rings. The van der Waals surface area contributed by atoms with Crippen molar-refractivity contribution in [2.45, 2.75) is 12.8 Å². The molecule has 21 heavy (non-hydrogen) atoms. The quantitative estimate of drug-likeness (QED) is 0.554. The maximum absolute atomic E-state index is 9.64. The molecule has 3 rings (SSSR count). The summed E-state index contributed by atoms with van der Waals surface area (Å²) in [5.41, 5.74) is 13.9. The zero-order valence-electron chi connectivity index (χ0n) is 11.2. The maximum Gasteiger partial charge on any atom is 0.132 e. The van der Waals surface area contributed by atoms with Gasteiger partial charge < -0.3 is 21.7 Å². The Morgan fingerprint density at radius 1 is 1.24 bits per heavy atom. The summed E-state index contributed by atoms with van der Waals surface area (Å²) in [6.07, 6.45) is 0.432. The molecule has 6 N–H and O–H groups in total. The van der Waals surface area contributed by atoms with Gasteiger partial charge in [0, 0.05) is 26.7 Å². The Kier molecular flexibility index (Phi) is 3.60. The molecule has 0 bridgehead atoms. The van der Waals surface area contributed by atoms with Crippen molar-refractivity contribution < 1.29 is 10.2 Å². The van der Waals surface area contributed by atoms with E-state index in [0.717, 1.165) is 26.1 Å². The van der Waals surface area contributed by atoms with Gasteiger partial charge in [-0.3, -0.25) is 0 Å². The van der Waals surface area contributed by atoms with Crippen molar-refractivity contribution in [3.05, 3.63) is 47.7 Å². The number of hydrogen-bond donors (Lipinski definition) is 4. The molecule has 0 radical (unpaired) electrons. The highest BCUT2D eigenvalue weighted by molar-refractivity contribution is 7.22. The van der Waals surface area contributed by atoms with Gasteiger partial charge in [0.1, 0.15) is 12.0 Å². The van der Waals surface area contributed by atoms with Crippen LogP contribution in [0.15, 0.2) is 36.5 Å². The van der Waals surface area contributed by atoms with Gasteiger partial charge in [-0.05, 0) is 17.2 Å². The molecule has 0 saturated carbocycles. The predicted molar refractivity (Wildman–Crippen MR) is 84.5 cm³/mol. The fraction of sp³-hybridized carbons (Fsp3) is 0.133. The number of benzene rings is 1. The summed E-state index contributed by atoms with van der Waals surface area (Å²) in [5, 5.41) is 19.5. The number of nitrogen functional groups attached to an aromatic ring is 1. The molecule has 108 valence electrons. The van der Waals surface area contributed by atoms with Crippen molar-refractivity contribution in [1.82, 2.24) is 4.98 Å². The van der Waals surface area contributed by atoms with E-state index < -0.39 is 6.23 Å². The number of nitrogens with zero attached hydrogens (tertiary/aromatic N) is 1. The highest BCUT2D eigenvalue weighted by Crippen LogP contribution is 2.38. The summed E-state index contributed by atoms with van der Waals surface area (Å²) in [5.74, 6) is 0.420. The molecule has 2 aromatic heterocycles. The Bertz CT molecular complexity index is 781. The number of pyridine rings is 1. The van der Waals surface area contributed by atoms with Crippen molar-refractivity contribution in [2.75, 3.05) is 5.73 Å². The Morgan fingerprint density at radius 3 is 2.57 bits per heavy atom. The average molecular weight is 301 g/mol. The Labute approximate surface area is 125 Å². The number of thiophene rings is 1. The second-order valence-electron chi connectivity index (χ2n) is 4.75. The van der Waals surface area contributed by atoms with Gasteiger partial charge in [-0.1, -0.05) is 24.3 Å². The first-order valence-electron chi connectivity index (χ1n) is 6.42. The molecule has 0 aliphatic heterocycles. The largest absolute Gasteiger partial charge is 0.392 e. The zero-order valence-corrected chi connectivity index (χ0v) is 12.0. The van der Waals surface area contributed by atoms with E-state index >= 15 is 0 Å². The summed E-state index contributed by atoms with van der Waals surface area (Å²) in [7, 11) is 0. The highest BCUT2D eigenvalue weighted by atomic mass is 32.1. The van der Waals surface area contributed by atoms with E-state index in [1.165, 1.54) is 17.5 Å². The first-order valence-corrected chi connectivity index (χ1v) is 7.23. The second kappa shape index (κ2) is 5.42. The third kappa shape index (κ3) is 2.50. The summed E-state index contributed by atoms with van der Waals surface area (Å²) in [6.45, 7) is 0.0209. The molecular formula is C15H15N3O2S. The Morgan fingerprint density at radius 2 is 1.95 bits per heavy atom. The van der Waals surface area contributed by atoms with Crippen molar-refractivity contribution in [3.63, 3.8) is 0 Å². The Hall–Kier alpha value is -1.99. The third-order valence-corrected chi connectivity index (χ3v) is 4.59. The second-order valence-corrected chi connectivity index (χ2v) is 5.80. The molecule has 1 atom stereocenters. The Balaban J connectivity index is 2.15. The smallest absolute Gasteiger partial charge is 0.132 e. The molecule has 0 aliphatic carbocycles. The molecule has 0 aliphatic rings. The van der Waals surface area contributed by atoms with Crippen LogP contribution in [-0.2, 0) is 6.61 Å². The topological polar surface area (TPSA) is 105 Å². The number of fused-ring (bicyclic) bond motifs is 1. The SMILES string of the molecule is Nc1ncc(C(N)O)c2sc(-c3ccc(CO)cc3)cc12. The van der Waals surface area contributed by atoms with E-state index in [-0.39, 0.29) is 6.61 Å². The minimum absolute atomic E-state index is 0.0209. The normalized spacial score (nSPS) is 12.7. The van der Waals surface area contributed by atoms with E-state index in [1.54, 1.807) is 0 Å². The summed E-state index contributed by atoms with van der Waals surface area (Å²) in [4.78, 5) is 5.08. The molecule has 6 heteroatoms. The first-order chi connectivity index (χ1) is 10.1. The minimum atomic E-state index is -1.08. The molecular weight excluding hydrogens is 286 g/mol. The van der Waals surface area contributed by atoms with Crippen LogP contribution >= 0.6 is 11.3 Å². The van der Waals surface area contributed by atoms with Crippen molar-refractivity contribution in [1.29, 1.82) is 0 Å². The van der Waals surface area contributed by atoms with Gasteiger partial charge in [-0.15, -0.1) is 11.3 Å². The molecule has 1 aromatic carbocycles. The molecule has 5 nitrogen and oxygen atoms in total. The van der Waals surface area contributed by atoms with Gasteiger partial charge in [0.15, 0.2) is 0 Å². The number of hydrogen-bond acceptors (Lipinski definition) is 6. The third-order valence-electron chi connectivity index (χ3n) is 3.35. The molecule has 2 heterocycles. The lowest BCUT2D eigenvalue weighted by molar-refractivity contribution is 0.187. The van der Waals surface area contributed by atoms with Crippen LogP contribution in [0.2, 0.25) is 0 Å². The van der Waals surface area contributed by atoms with Gasteiger partial charge in [-0.25, -0.2) is 4.98 Å². The van der Waals surface area contributed by atoms with Gasteiger partial charge in [-0.2, -0.15) is 0 Å². The van der Waals surface area contributed by atoms with Crippen LogP contribution in [0.1, 0.15) is 17.4 Å². The summed E-state index contributed by atoms with van der Waals surface area (Å²) in [6, 6.07) is 9.58. The lowest BCUT2D eigenvalue weighted by Crippen LogP contribution is -2.09. The van der Waals surface area contributed by atoms with Gasteiger partial charge in [0.2, 0.25) is 0 Å². The van der Waals surface area contributed by atoms with E-state index in [0.29, 0.717) is 11.4 Å². The maximum atomic E-state index is 9.64. The van der Waals surface area contributed by atoms with E-state index in [1.807, 2.05) is 30.3 Å². The number of nitrogens with two attached hydrogens (primary N) is 2. The van der Waals surface area contributed by atoms with E-state index in [2.05, 4.69) is 4.98 Å². The first kappa shape index (κ1) is 14.0. The minimum Gasteiger partial charge on any atom is -0.392 e. The molecule has 0 spiro atoms. The summed E-state index contributed by atoms with van der Waals surface area (Å²) < 4.78 is 0.846. The number of anilines is 1. The lowest BCUT2D eigenvalue weighted by Gasteiger charge is -2.06. The predicted octanol–water partition coefficient (Wildman–Crippen LogP) is 1.99. The van der Waals surface area contributed by atoms with Crippen molar-refractivity contribution in [3.8, 4) is 10.4 Å². The van der Waals surface area contributed by atoms with Crippen LogP contribution in [0.3, 0.4) is 0 Å². The van der Waals surface area contributed by atoms with Gasteiger partial charge in [0.25, 0.3) is 0 Å². The van der Waals surface area contributed by atoms with Crippen LogP contribution in [0.5, 0.6) is 0 Å². The molecule has 0 saturated heterocycles. The van der Waals surface area contributed by atoms with E-state index in [9.17, 15) is 5.11 Å². The van der Waals surface area contributed by atoms with Gasteiger partial charge in [0.05, 0.1) is 6.61 Å². The molecule has 0 amide bonds. The van der Waals surface area contributed by atoms with Crippen LogP contribution in [0.4, 0.5) is 5.82 Å². The molecule has 3 aromatic rings. The number of rotatable bonds is 3. The van der Waals surface area contributed by atoms with E-state index in [4.69, 9.17) is 16.6 Å². The van der Waals surface area contributed by atoms with Crippen LogP contribution in [0, 0.1) is 0 Å². The van der Waals surface area contributed by atoms with Gasteiger partial charge >= 0.3 is 0 Å². The van der Waals surface area contributed by atoms with Crippen LogP contribution < -0.4 is 11.5 Å². The van der Waals surface area contributed by atoms with Crippen LogP contribution in [0.25, 0.3) is 20.5 Å². The average Bonchev–Trinajstić information content (AvgIpc) is 2.93. The molecule has 1 unspecified atom stereocenters. The number of aromatic nitrogens is 1. The van der Waals surface area contributed by atoms with Crippen molar-refractivity contribution in [2.24, 2.45) is 5.73 Å². The lowest BCUT2D eigenvalue weighted by atomic mass is 10.1. The zero-order chi connectivity index (χ0) is 15.0. The number of aliphatic hydroxyl groups excluding tert-OH is 2. The fourth-order valence-corrected chi connectivity index (χ4v) is 3.41. The standard InChI is InChI=1S/C15H15N3O2S/c16-14-10-5-12(9-3-1-8(7-19)2-4-9)21-13(10)11(6-18-14)15(17)20/h1-6,15,19-20H,7,17H2,(H2,16,18). The van der Waals surface area contributed by atoms with Crippen LogP contribution in [-0.4, -0.2) is 15.2 Å². The highest BCUT2D eigenvalue weighted by Gasteiger charge is 2.14. The summed E-state index contributed by atoms with van der Waals surface area (Å²) >= 11 is 1.51.